The van der Waals surface area contributed by atoms with Gasteiger partial charge in [0.2, 0.25) is 0 Å². The van der Waals surface area contributed by atoms with E-state index in [0.717, 1.165) is 115 Å². The Bertz CT molecular complexity index is 1680. The third-order valence-corrected chi connectivity index (χ3v) is 17.4. The van der Waals surface area contributed by atoms with E-state index in [-0.39, 0.29) is 25.7 Å². The predicted octanol–water partition coefficient (Wildman–Crippen LogP) is 18.8. The predicted molar refractivity (Wildman–Crippen MR) is 345 cm³/mol. The van der Waals surface area contributed by atoms with Crippen LogP contribution in [0, 0.1) is 11.8 Å². The van der Waals surface area contributed by atoms with Crippen molar-refractivity contribution < 1.29 is 80.2 Å². The maximum absolute atomic E-state index is 13.0. The fourth-order valence-corrected chi connectivity index (χ4v) is 11.6. The minimum atomic E-state index is -4.95. The van der Waals surface area contributed by atoms with Gasteiger partial charge in [-0.1, -0.05) is 286 Å². The van der Waals surface area contributed by atoms with Crippen molar-refractivity contribution in [1.82, 2.24) is 0 Å². The van der Waals surface area contributed by atoms with Crippen molar-refractivity contribution in [2.75, 3.05) is 39.6 Å². The van der Waals surface area contributed by atoms with Gasteiger partial charge in [0, 0.05) is 25.7 Å². The first kappa shape index (κ1) is 84.1. The number of carbonyl (C=O) groups excluding carboxylic acids is 4. The standard InChI is InChI=1S/C67H130O17P2/c1-7-9-11-13-15-24-33-39-45-51-66(71)83-62(55-77-64(69)49-43-37-29-14-12-10-8-2)57-81-85(73,74)79-53-61(68)54-80-86(75,76)82-58-63(56-78-65(70)50-44-38-32-28-23-26-31-36-42-48-60(5)6)84-67(72)52-46-40-34-27-22-20-18-16-17-19-21-25-30-35-41-47-59(3)4/h59-63,68H,7-58H2,1-6H3,(H,73,74)(H,75,76)/t61-,62+,63+/m0/s1. The van der Waals surface area contributed by atoms with E-state index >= 15 is 0 Å². The molecule has 2 unspecified atom stereocenters. The molecule has 0 rings (SSSR count). The van der Waals surface area contributed by atoms with Crippen molar-refractivity contribution in [1.29, 1.82) is 0 Å². The number of hydrogen-bond acceptors (Lipinski definition) is 15. The molecule has 0 aromatic rings. The molecule has 17 nitrogen and oxygen atoms in total. The summed E-state index contributed by atoms with van der Waals surface area (Å²) in [5.41, 5.74) is 0. The van der Waals surface area contributed by atoms with Gasteiger partial charge in [-0.25, -0.2) is 9.13 Å². The van der Waals surface area contributed by atoms with E-state index in [4.69, 9.17) is 37.0 Å². The largest absolute Gasteiger partial charge is 0.472 e. The highest BCUT2D eigenvalue weighted by Crippen LogP contribution is 2.45. The van der Waals surface area contributed by atoms with Crippen LogP contribution < -0.4 is 0 Å². The summed E-state index contributed by atoms with van der Waals surface area (Å²) < 4.78 is 68.0. The monoisotopic (exact) mass is 1270 g/mol. The normalized spacial score (nSPS) is 14.2. The lowest BCUT2D eigenvalue weighted by Gasteiger charge is -2.21. The molecule has 5 atom stereocenters. The van der Waals surface area contributed by atoms with Crippen LogP contribution in [0.4, 0.5) is 0 Å². The molecule has 19 heteroatoms. The molecule has 0 fully saturated rings. The van der Waals surface area contributed by atoms with E-state index in [1.54, 1.807) is 0 Å². The number of rotatable bonds is 66. The molecule has 86 heavy (non-hydrogen) atoms. The molecule has 3 N–H and O–H groups in total. The van der Waals surface area contributed by atoms with E-state index in [2.05, 4.69) is 41.5 Å². The molecule has 0 aliphatic heterocycles. The molecule has 0 heterocycles. The molecule has 0 radical (unpaired) electrons. The molecule has 0 spiro atoms. The maximum Gasteiger partial charge on any atom is 0.472 e. The Hall–Kier alpha value is -1.94. The fourth-order valence-electron chi connectivity index (χ4n) is 10.1. The molecule has 0 saturated heterocycles. The number of aliphatic hydroxyl groups is 1. The Labute approximate surface area is 524 Å². The molecule has 0 aromatic carbocycles. The highest BCUT2D eigenvalue weighted by atomic mass is 31.2. The van der Waals surface area contributed by atoms with Crippen LogP contribution >= 0.6 is 15.6 Å². The lowest BCUT2D eigenvalue weighted by molar-refractivity contribution is -0.161. The zero-order valence-electron chi connectivity index (χ0n) is 55.6. The van der Waals surface area contributed by atoms with Crippen molar-refractivity contribution in [2.24, 2.45) is 11.8 Å². The van der Waals surface area contributed by atoms with Crippen LogP contribution in [-0.2, 0) is 65.4 Å². The van der Waals surface area contributed by atoms with E-state index in [1.807, 2.05) is 0 Å². The molecule has 0 aliphatic carbocycles. The van der Waals surface area contributed by atoms with E-state index in [0.29, 0.717) is 25.7 Å². The third-order valence-electron chi connectivity index (χ3n) is 15.5. The lowest BCUT2D eigenvalue weighted by atomic mass is 10.0. The van der Waals surface area contributed by atoms with Crippen LogP contribution in [0.1, 0.15) is 337 Å². The van der Waals surface area contributed by atoms with Crippen LogP contribution in [0.5, 0.6) is 0 Å². The zero-order chi connectivity index (χ0) is 63.6. The summed E-state index contributed by atoms with van der Waals surface area (Å²) in [5.74, 6) is -0.588. The smallest absolute Gasteiger partial charge is 0.462 e. The highest BCUT2D eigenvalue weighted by molar-refractivity contribution is 7.47. The van der Waals surface area contributed by atoms with Gasteiger partial charge in [0.1, 0.15) is 19.3 Å². The quantitative estimate of drug-likeness (QED) is 0.0222. The Morgan fingerprint density at radius 1 is 0.314 bits per heavy atom. The first-order chi connectivity index (χ1) is 41.4. The molecule has 510 valence electrons. The number of phosphoric ester groups is 2. The first-order valence-corrected chi connectivity index (χ1v) is 38.0. The summed E-state index contributed by atoms with van der Waals surface area (Å²) in [6.45, 7) is 9.47. The van der Waals surface area contributed by atoms with Crippen LogP contribution in [0.15, 0.2) is 0 Å². The highest BCUT2D eigenvalue weighted by Gasteiger charge is 2.30. The van der Waals surface area contributed by atoms with Gasteiger partial charge in [0.25, 0.3) is 0 Å². The van der Waals surface area contributed by atoms with Gasteiger partial charge in [0.15, 0.2) is 12.2 Å². The summed E-state index contributed by atoms with van der Waals surface area (Å²) in [7, 11) is -9.89. The zero-order valence-corrected chi connectivity index (χ0v) is 57.4. The average molecular weight is 1270 g/mol. The summed E-state index contributed by atoms with van der Waals surface area (Å²) in [4.78, 5) is 72.2. The van der Waals surface area contributed by atoms with Gasteiger partial charge in [-0.05, 0) is 37.5 Å². The number of ether oxygens (including phenoxy) is 4. The number of esters is 4. The van der Waals surface area contributed by atoms with Crippen molar-refractivity contribution in [3.63, 3.8) is 0 Å². The Balaban J connectivity index is 5.17. The van der Waals surface area contributed by atoms with Crippen molar-refractivity contribution in [3.05, 3.63) is 0 Å². The molecular formula is C67H130O17P2. The fraction of sp³-hybridized carbons (Fsp3) is 0.940. The van der Waals surface area contributed by atoms with E-state index < -0.39 is 97.5 Å². The Morgan fingerprint density at radius 3 is 0.791 bits per heavy atom. The number of hydrogen-bond donors (Lipinski definition) is 3. The number of unbranched alkanes of at least 4 members (excludes halogenated alkanes) is 36. The SMILES string of the molecule is CCCCCCCCCCCC(=O)O[C@H](COC(=O)CCCCCCCCC)COP(=O)(O)OC[C@H](O)COP(=O)(O)OC[C@@H](COC(=O)CCCCCCCCCCCC(C)C)OC(=O)CCCCCCCCCCCCCCCCCC(C)C. The first-order valence-electron chi connectivity index (χ1n) is 35.0. The molecule has 0 amide bonds. The molecule has 0 bridgehead atoms. The van der Waals surface area contributed by atoms with Crippen LogP contribution in [0.25, 0.3) is 0 Å². The molecule has 0 saturated carbocycles. The van der Waals surface area contributed by atoms with E-state index in [9.17, 15) is 43.2 Å². The van der Waals surface area contributed by atoms with Gasteiger partial charge in [-0.3, -0.25) is 37.3 Å². The Kier molecular flexibility index (Phi) is 58.0. The number of phosphoric acid groups is 2. The second-order valence-corrected chi connectivity index (χ2v) is 28.1. The average Bonchev–Trinajstić information content (AvgIpc) is 3.59. The van der Waals surface area contributed by atoms with Crippen molar-refractivity contribution in [2.45, 2.75) is 355 Å². The van der Waals surface area contributed by atoms with Crippen molar-refractivity contribution >= 4 is 39.5 Å². The van der Waals surface area contributed by atoms with Crippen LogP contribution in [-0.4, -0.2) is 96.7 Å². The summed E-state index contributed by atoms with van der Waals surface area (Å²) in [6.07, 6.45) is 43.2. The topological polar surface area (TPSA) is 237 Å². The van der Waals surface area contributed by atoms with Crippen LogP contribution in [0.2, 0.25) is 0 Å². The van der Waals surface area contributed by atoms with Gasteiger partial charge in [-0.15, -0.1) is 0 Å². The minimum absolute atomic E-state index is 0.105. The molecular weight excluding hydrogens is 1140 g/mol. The summed E-state index contributed by atoms with van der Waals surface area (Å²) in [5, 5.41) is 10.5. The second kappa shape index (κ2) is 59.4. The van der Waals surface area contributed by atoms with Crippen LogP contribution in [0.3, 0.4) is 0 Å². The second-order valence-electron chi connectivity index (χ2n) is 25.2. The van der Waals surface area contributed by atoms with Gasteiger partial charge >= 0.3 is 39.5 Å². The maximum atomic E-state index is 13.0. The van der Waals surface area contributed by atoms with E-state index in [1.165, 1.54) is 141 Å². The van der Waals surface area contributed by atoms with Gasteiger partial charge < -0.3 is 33.8 Å². The minimum Gasteiger partial charge on any atom is -0.462 e. The number of carbonyl (C=O) groups is 4. The van der Waals surface area contributed by atoms with Crippen molar-refractivity contribution in [3.8, 4) is 0 Å². The Morgan fingerprint density at radius 2 is 0.535 bits per heavy atom. The molecule has 0 aliphatic rings. The summed E-state index contributed by atoms with van der Waals surface area (Å²) in [6, 6.07) is 0. The third kappa shape index (κ3) is 60.9. The summed E-state index contributed by atoms with van der Waals surface area (Å²) >= 11 is 0. The number of aliphatic hydroxyl groups excluding tert-OH is 1. The van der Waals surface area contributed by atoms with Gasteiger partial charge in [-0.2, -0.15) is 0 Å². The van der Waals surface area contributed by atoms with Gasteiger partial charge in [0.05, 0.1) is 26.4 Å². The lowest BCUT2D eigenvalue weighted by Crippen LogP contribution is -2.30. The molecule has 0 aromatic heterocycles.